The van der Waals surface area contributed by atoms with Crippen molar-refractivity contribution in [2.75, 3.05) is 0 Å². The van der Waals surface area contributed by atoms with Gasteiger partial charge in [-0.2, -0.15) is 0 Å². The molecule has 14 heavy (non-hydrogen) atoms. The Balaban J connectivity index is 2.01. The van der Waals surface area contributed by atoms with Crippen molar-refractivity contribution in [1.82, 2.24) is 4.98 Å². The predicted octanol–water partition coefficient (Wildman–Crippen LogP) is 2.01. The third-order valence-corrected chi connectivity index (χ3v) is 3.81. The van der Waals surface area contributed by atoms with E-state index in [1.807, 2.05) is 19.3 Å². The number of rotatable bonds is 1. The molecule has 1 N–H and O–H groups in total. The number of aromatic nitrogens is 1. The molecular weight excluding hydrogens is 174 g/mol. The number of aryl methyl sites for hydroxylation is 1. The molecule has 0 bridgehead atoms. The topological polar surface area (TPSA) is 33.1 Å². The van der Waals surface area contributed by atoms with Crippen molar-refractivity contribution < 1.29 is 5.11 Å². The van der Waals surface area contributed by atoms with Crippen LogP contribution in [-0.2, 0) is 5.60 Å². The first-order chi connectivity index (χ1) is 6.70. The summed E-state index contributed by atoms with van der Waals surface area (Å²) < 4.78 is 0. The molecule has 0 radical (unpaired) electrons. The van der Waals surface area contributed by atoms with Gasteiger partial charge >= 0.3 is 0 Å². The number of nitrogens with zero attached hydrogens (tertiary/aromatic N) is 1. The zero-order valence-corrected chi connectivity index (χ0v) is 8.40. The van der Waals surface area contributed by atoms with Gasteiger partial charge < -0.3 is 5.11 Å². The molecule has 2 aliphatic rings. The van der Waals surface area contributed by atoms with Crippen LogP contribution in [0.3, 0.4) is 0 Å². The van der Waals surface area contributed by atoms with Crippen LogP contribution in [0.4, 0.5) is 0 Å². The van der Waals surface area contributed by atoms with Crippen LogP contribution in [0, 0.1) is 18.8 Å². The van der Waals surface area contributed by atoms with Gasteiger partial charge in [0.2, 0.25) is 0 Å². The lowest BCUT2D eigenvalue weighted by Crippen LogP contribution is -2.25. The lowest BCUT2D eigenvalue weighted by atomic mass is 9.89. The molecule has 0 aliphatic heterocycles. The highest BCUT2D eigenvalue weighted by atomic mass is 16.3. The zero-order valence-electron chi connectivity index (χ0n) is 8.40. The van der Waals surface area contributed by atoms with Crippen molar-refractivity contribution in [1.29, 1.82) is 0 Å². The maximum absolute atomic E-state index is 10.6. The van der Waals surface area contributed by atoms with Gasteiger partial charge in [0.15, 0.2) is 0 Å². The van der Waals surface area contributed by atoms with Gasteiger partial charge in [0, 0.05) is 18.0 Å². The van der Waals surface area contributed by atoms with E-state index in [9.17, 15) is 5.11 Å². The first-order valence-electron chi connectivity index (χ1n) is 5.35. The maximum Gasteiger partial charge on any atom is 0.0942 e. The van der Waals surface area contributed by atoms with Gasteiger partial charge in [0.1, 0.15) is 0 Å². The molecule has 0 aromatic carbocycles. The van der Waals surface area contributed by atoms with Crippen LogP contribution in [-0.4, -0.2) is 10.1 Å². The molecule has 2 saturated carbocycles. The zero-order chi connectivity index (χ0) is 9.76. The van der Waals surface area contributed by atoms with Crippen LogP contribution in [0.25, 0.3) is 0 Å². The van der Waals surface area contributed by atoms with E-state index in [0.29, 0.717) is 5.92 Å². The second kappa shape index (κ2) is 2.57. The molecule has 3 unspecified atom stereocenters. The van der Waals surface area contributed by atoms with Crippen LogP contribution >= 0.6 is 0 Å². The average Bonchev–Trinajstić information content (AvgIpc) is 2.88. The van der Waals surface area contributed by atoms with Gasteiger partial charge in [0.25, 0.3) is 0 Å². The van der Waals surface area contributed by atoms with Crippen molar-refractivity contribution in [3.63, 3.8) is 0 Å². The molecule has 1 aromatic rings. The van der Waals surface area contributed by atoms with E-state index < -0.39 is 5.60 Å². The highest BCUT2D eigenvalue weighted by Crippen LogP contribution is 2.61. The summed E-state index contributed by atoms with van der Waals surface area (Å²) in [5, 5.41) is 10.6. The molecule has 1 aromatic heterocycles. The molecule has 1 heterocycles. The SMILES string of the molecule is Cc1cncc(C2(O)CCC3CC32)c1. The predicted molar refractivity (Wildman–Crippen MR) is 53.7 cm³/mol. The maximum atomic E-state index is 10.6. The van der Waals surface area contributed by atoms with Crippen LogP contribution in [0.5, 0.6) is 0 Å². The van der Waals surface area contributed by atoms with Gasteiger partial charge in [-0.15, -0.1) is 0 Å². The van der Waals surface area contributed by atoms with E-state index in [-0.39, 0.29) is 0 Å². The standard InChI is InChI=1S/C12H15NO/c1-8-4-10(7-13-6-8)12(14)3-2-9-5-11(9)12/h4,6-7,9,11,14H,2-3,5H2,1H3. The number of pyridine rings is 1. The van der Waals surface area contributed by atoms with E-state index >= 15 is 0 Å². The molecule has 3 atom stereocenters. The Hall–Kier alpha value is -0.890. The van der Waals surface area contributed by atoms with Gasteiger partial charge in [0.05, 0.1) is 5.60 Å². The third-order valence-electron chi connectivity index (χ3n) is 3.81. The second-order valence-electron chi connectivity index (χ2n) is 4.82. The van der Waals surface area contributed by atoms with Crippen LogP contribution in [0.15, 0.2) is 18.5 Å². The molecule has 0 amide bonds. The highest BCUT2D eigenvalue weighted by molar-refractivity contribution is 5.28. The molecule has 2 aliphatic carbocycles. The molecule has 0 saturated heterocycles. The summed E-state index contributed by atoms with van der Waals surface area (Å²) in [4.78, 5) is 4.17. The summed E-state index contributed by atoms with van der Waals surface area (Å²) >= 11 is 0. The summed E-state index contributed by atoms with van der Waals surface area (Å²) in [7, 11) is 0. The minimum atomic E-state index is -0.552. The quantitative estimate of drug-likeness (QED) is 0.733. The van der Waals surface area contributed by atoms with E-state index in [1.165, 1.54) is 12.8 Å². The fraction of sp³-hybridized carbons (Fsp3) is 0.583. The van der Waals surface area contributed by atoms with Crippen molar-refractivity contribution in [3.05, 3.63) is 29.6 Å². The fourth-order valence-electron chi connectivity index (χ4n) is 2.89. The lowest BCUT2D eigenvalue weighted by molar-refractivity contribution is 0.0203. The number of hydrogen-bond acceptors (Lipinski definition) is 2. The van der Waals surface area contributed by atoms with Crippen molar-refractivity contribution in [3.8, 4) is 0 Å². The Morgan fingerprint density at radius 2 is 2.36 bits per heavy atom. The Morgan fingerprint density at radius 3 is 2.93 bits per heavy atom. The van der Waals surface area contributed by atoms with Crippen LogP contribution < -0.4 is 0 Å². The van der Waals surface area contributed by atoms with Gasteiger partial charge in [-0.3, -0.25) is 4.98 Å². The van der Waals surface area contributed by atoms with Gasteiger partial charge in [-0.1, -0.05) is 6.07 Å². The first kappa shape index (κ1) is 8.42. The second-order valence-corrected chi connectivity index (χ2v) is 4.82. The lowest BCUT2D eigenvalue weighted by Gasteiger charge is -2.25. The van der Waals surface area contributed by atoms with Crippen molar-refractivity contribution in [2.45, 2.75) is 31.8 Å². The molecule has 3 rings (SSSR count). The van der Waals surface area contributed by atoms with Gasteiger partial charge in [-0.05, 0) is 43.6 Å². The number of hydrogen-bond donors (Lipinski definition) is 1. The Kier molecular flexibility index (Phi) is 1.55. The minimum Gasteiger partial charge on any atom is -0.385 e. The first-order valence-corrected chi connectivity index (χ1v) is 5.35. The van der Waals surface area contributed by atoms with E-state index in [1.54, 1.807) is 0 Å². The molecule has 2 fully saturated rings. The van der Waals surface area contributed by atoms with Crippen molar-refractivity contribution >= 4 is 0 Å². The average molecular weight is 189 g/mol. The summed E-state index contributed by atoms with van der Waals surface area (Å²) in [6, 6.07) is 2.08. The van der Waals surface area contributed by atoms with E-state index in [0.717, 1.165) is 23.5 Å². The number of aliphatic hydroxyl groups is 1. The Bertz CT molecular complexity index is 376. The molecule has 0 spiro atoms. The van der Waals surface area contributed by atoms with Gasteiger partial charge in [-0.25, -0.2) is 0 Å². The Morgan fingerprint density at radius 1 is 1.50 bits per heavy atom. The summed E-state index contributed by atoms with van der Waals surface area (Å²) in [5.74, 6) is 1.31. The summed E-state index contributed by atoms with van der Waals surface area (Å²) in [6.45, 7) is 2.03. The number of fused-ring (bicyclic) bond motifs is 1. The smallest absolute Gasteiger partial charge is 0.0942 e. The van der Waals surface area contributed by atoms with E-state index in [4.69, 9.17) is 0 Å². The van der Waals surface area contributed by atoms with Crippen LogP contribution in [0.2, 0.25) is 0 Å². The molecule has 2 nitrogen and oxygen atoms in total. The highest BCUT2D eigenvalue weighted by Gasteiger charge is 2.57. The third kappa shape index (κ3) is 1.04. The molecule has 74 valence electrons. The van der Waals surface area contributed by atoms with Crippen molar-refractivity contribution in [2.24, 2.45) is 11.8 Å². The Labute approximate surface area is 84.0 Å². The fourth-order valence-corrected chi connectivity index (χ4v) is 2.89. The molecular formula is C12H15NO. The monoisotopic (exact) mass is 189 g/mol. The minimum absolute atomic E-state index is 0.520. The van der Waals surface area contributed by atoms with E-state index in [2.05, 4.69) is 11.1 Å². The normalized spacial score (nSPS) is 39.6. The summed E-state index contributed by atoms with van der Waals surface area (Å²) in [6.07, 6.45) is 6.99. The van der Waals surface area contributed by atoms with Crippen LogP contribution in [0.1, 0.15) is 30.4 Å². The molecule has 2 heteroatoms. The summed E-state index contributed by atoms with van der Waals surface area (Å²) in [5.41, 5.74) is 1.62. The largest absolute Gasteiger partial charge is 0.385 e.